The summed E-state index contributed by atoms with van der Waals surface area (Å²) in [4.78, 5) is 32.8. The van der Waals surface area contributed by atoms with Gasteiger partial charge < -0.3 is 29.6 Å². The molecule has 144 valence electrons. The average Bonchev–Trinajstić information content (AvgIpc) is 3.19. The molecule has 0 amide bonds. The van der Waals surface area contributed by atoms with E-state index in [9.17, 15) is 19.8 Å². The zero-order valence-electron chi connectivity index (χ0n) is 14.1. The third-order valence-corrected chi connectivity index (χ3v) is 4.52. The quantitative estimate of drug-likeness (QED) is 0.440. The predicted molar refractivity (Wildman–Crippen MR) is 84.8 cm³/mol. The normalized spacial score (nSPS) is 34.0. The molecule has 11 heteroatoms. The Morgan fingerprint density at radius 3 is 2.85 bits per heavy atom. The average molecular weight is 371 g/mol. The first-order valence-electron chi connectivity index (χ1n) is 8.18. The number of hydrogen-bond donors (Lipinski definition) is 4. The topological polar surface area (TPSA) is 152 Å². The summed E-state index contributed by atoms with van der Waals surface area (Å²) >= 11 is 0. The van der Waals surface area contributed by atoms with E-state index in [0.717, 1.165) is 11.0 Å². The molecule has 1 aromatic heterocycles. The zero-order valence-corrected chi connectivity index (χ0v) is 14.1. The zero-order chi connectivity index (χ0) is 18.9. The summed E-state index contributed by atoms with van der Waals surface area (Å²) in [6.45, 7) is 1.59. The van der Waals surface area contributed by atoms with Crippen LogP contribution in [0.3, 0.4) is 0 Å². The van der Waals surface area contributed by atoms with E-state index in [2.05, 4.69) is 10.5 Å². The summed E-state index contributed by atoms with van der Waals surface area (Å²) in [5.74, 6) is -0.641. The van der Waals surface area contributed by atoms with Crippen LogP contribution in [0, 0.1) is 0 Å². The number of nitrogens with zero attached hydrogens (tertiary/aromatic N) is 2. The van der Waals surface area contributed by atoms with E-state index >= 15 is 0 Å². The van der Waals surface area contributed by atoms with Crippen LogP contribution in [0.15, 0.2) is 17.1 Å². The van der Waals surface area contributed by atoms with Crippen molar-refractivity contribution in [2.24, 2.45) is 0 Å². The Bertz CT molecular complexity index is 717. The highest BCUT2D eigenvalue weighted by atomic mass is 16.7. The van der Waals surface area contributed by atoms with Crippen LogP contribution >= 0.6 is 0 Å². The standard InChI is InChI=1S/C15H21N3O8/c1-15(4-2-6-24-15)13(22)26-17-9-3-5-18(14(23)16-9)12-11(21)10(20)8(7-19)25-12/h3,5,8,10-12,19-21H,2,4,6-7H2,1H3,(H,16,17,23)/t8-,10-,11-,12-,15-/m1/s1. The number of carbonyl (C=O) groups is 1. The van der Waals surface area contributed by atoms with Gasteiger partial charge in [0, 0.05) is 18.9 Å². The molecule has 2 aliphatic rings. The third kappa shape index (κ3) is 3.44. The summed E-state index contributed by atoms with van der Waals surface area (Å²) in [5, 5.41) is 28.8. The van der Waals surface area contributed by atoms with Gasteiger partial charge in [0.2, 0.25) is 0 Å². The van der Waals surface area contributed by atoms with E-state index in [-0.39, 0.29) is 5.82 Å². The second-order valence-corrected chi connectivity index (χ2v) is 6.41. The summed E-state index contributed by atoms with van der Waals surface area (Å²) < 4.78 is 11.6. The smallest absolute Gasteiger partial charge is 0.363 e. The van der Waals surface area contributed by atoms with Crippen LogP contribution in [0.5, 0.6) is 0 Å². The molecule has 2 aliphatic heterocycles. The number of aliphatic hydroxyl groups is 3. The fraction of sp³-hybridized carbons (Fsp3) is 0.667. The van der Waals surface area contributed by atoms with Gasteiger partial charge in [-0.15, -0.1) is 0 Å². The van der Waals surface area contributed by atoms with Crippen molar-refractivity contribution in [3.63, 3.8) is 0 Å². The van der Waals surface area contributed by atoms with Gasteiger partial charge in [0.25, 0.3) is 0 Å². The van der Waals surface area contributed by atoms with Crippen molar-refractivity contribution in [2.75, 3.05) is 18.7 Å². The number of anilines is 1. The van der Waals surface area contributed by atoms with Crippen LogP contribution in [-0.4, -0.2) is 68.0 Å². The lowest BCUT2D eigenvalue weighted by atomic mass is 10.0. The van der Waals surface area contributed by atoms with Crippen molar-refractivity contribution in [1.29, 1.82) is 0 Å². The van der Waals surface area contributed by atoms with Gasteiger partial charge in [-0.1, -0.05) is 0 Å². The van der Waals surface area contributed by atoms with Crippen LogP contribution in [0.1, 0.15) is 26.0 Å². The molecular weight excluding hydrogens is 350 g/mol. The lowest BCUT2D eigenvalue weighted by Gasteiger charge is -2.20. The van der Waals surface area contributed by atoms with Gasteiger partial charge in [0.05, 0.1) is 6.61 Å². The second-order valence-electron chi connectivity index (χ2n) is 6.41. The van der Waals surface area contributed by atoms with Crippen molar-refractivity contribution < 1.29 is 34.4 Å². The number of rotatable bonds is 5. The second kappa shape index (κ2) is 7.29. The largest absolute Gasteiger partial charge is 0.394 e. The Labute approximate surface area is 148 Å². The number of hydrogen-bond acceptors (Lipinski definition) is 10. The minimum Gasteiger partial charge on any atom is -0.394 e. The van der Waals surface area contributed by atoms with Crippen molar-refractivity contribution in [3.05, 3.63) is 22.7 Å². The molecule has 0 bridgehead atoms. The number of ether oxygens (including phenoxy) is 2. The molecular formula is C15H21N3O8. The van der Waals surface area contributed by atoms with Crippen LogP contribution in [0.2, 0.25) is 0 Å². The van der Waals surface area contributed by atoms with Gasteiger partial charge in [-0.2, -0.15) is 4.98 Å². The Kier molecular flexibility index (Phi) is 5.25. The molecule has 0 radical (unpaired) electrons. The molecule has 4 N–H and O–H groups in total. The molecule has 2 saturated heterocycles. The third-order valence-electron chi connectivity index (χ3n) is 4.52. The van der Waals surface area contributed by atoms with E-state index in [4.69, 9.17) is 19.4 Å². The first kappa shape index (κ1) is 18.7. The Morgan fingerprint density at radius 1 is 1.50 bits per heavy atom. The number of aliphatic hydroxyl groups excluding tert-OH is 3. The van der Waals surface area contributed by atoms with Gasteiger partial charge in [-0.25, -0.2) is 15.1 Å². The number of carbonyl (C=O) groups excluding carboxylic acids is 1. The van der Waals surface area contributed by atoms with Crippen LogP contribution < -0.4 is 11.2 Å². The van der Waals surface area contributed by atoms with Gasteiger partial charge in [0.15, 0.2) is 17.6 Å². The molecule has 26 heavy (non-hydrogen) atoms. The minimum absolute atomic E-state index is 0.0204. The van der Waals surface area contributed by atoms with Crippen LogP contribution in [-0.2, 0) is 19.1 Å². The maximum Gasteiger partial charge on any atom is 0.363 e. The van der Waals surface area contributed by atoms with Crippen molar-refractivity contribution >= 4 is 11.8 Å². The molecule has 2 fully saturated rings. The summed E-state index contributed by atoms with van der Waals surface area (Å²) in [7, 11) is 0. The van der Waals surface area contributed by atoms with Gasteiger partial charge in [0.1, 0.15) is 18.3 Å². The fourth-order valence-corrected chi connectivity index (χ4v) is 2.92. The summed E-state index contributed by atoms with van der Waals surface area (Å²) in [6.07, 6.45) is -2.37. The fourth-order valence-electron chi connectivity index (χ4n) is 2.92. The maximum absolute atomic E-state index is 12.1. The van der Waals surface area contributed by atoms with Crippen molar-refractivity contribution in [3.8, 4) is 0 Å². The SMILES string of the molecule is C[C@]1(C(=O)ONc2ccn([C@@H]3O[C@H](CO)[C@@H](O)[C@H]3O)c(=O)n2)CCCO1. The maximum atomic E-state index is 12.1. The molecule has 3 heterocycles. The van der Waals surface area contributed by atoms with E-state index in [0.29, 0.717) is 13.0 Å². The predicted octanol–water partition coefficient (Wildman–Crippen LogP) is -1.71. The summed E-state index contributed by atoms with van der Waals surface area (Å²) in [6, 6.07) is 1.33. The minimum atomic E-state index is -1.40. The van der Waals surface area contributed by atoms with Gasteiger partial charge in [-0.3, -0.25) is 4.57 Å². The van der Waals surface area contributed by atoms with E-state index in [1.54, 1.807) is 6.92 Å². The number of nitrogens with one attached hydrogen (secondary N) is 1. The molecule has 0 aromatic carbocycles. The monoisotopic (exact) mass is 371 g/mol. The Balaban J connectivity index is 1.66. The first-order chi connectivity index (χ1) is 12.4. The van der Waals surface area contributed by atoms with Gasteiger partial charge >= 0.3 is 11.7 Å². The summed E-state index contributed by atoms with van der Waals surface area (Å²) in [5.41, 5.74) is 0.468. The molecule has 0 aliphatic carbocycles. The Hall–Kier alpha value is -2.05. The van der Waals surface area contributed by atoms with Crippen molar-refractivity contribution in [2.45, 2.75) is 49.9 Å². The highest BCUT2D eigenvalue weighted by Gasteiger charge is 2.44. The molecule has 0 spiro atoms. The molecule has 5 atom stereocenters. The van der Waals surface area contributed by atoms with Crippen molar-refractivity contribution in [1.82, 2.24) is 9.55 Å². The lowest BCUT2D eigenvalue weighted by Crippen LogP contribution is -2.38. The molecule has 0 saturated carbocycles. The molecule has 0 unspecified atom stereocenters. The number of aromatic nitrogens is 2. The first-order valence-corrected chi connectivity index (χ1v) is 8.18. The highest BCUT2D eigenvalue weighted by Crippen LogP contribution is 2.28. The molecule has 1 aromatic rings. The van der Waals surface area contributed by atoms with E-state index in [1.165, 1.54) is 12.3 Å². The highest BCUT2D eigenvalue weighted by molar-refractivity contribution is 5.80. The molecule has 11 nitrogen and oxygen atoms in total. The molecule has 3 rings (SSSR count). The van der Waals surface area contributed by atoms with Crippen LogP contribution in [0.4, 0.5) is 5.82 Å². The van der Waals surface area contributed by atoms with Gasteiger partial charge in [-0.05, 0) is 19.8 Å². The van der Waals surface area contributed by atoms with E-state index in [1.807, 2.05) is 0 Å². The van der Waals surface area contributed by atoms with Crippen LogP contribution in [0.25, 0.3) is 0 Å². The lowest BCUT2D eigenvalue weighted by molar-refractivity contribution is -0.161. The Morgan fingerprint density at radius 2 is 2.27 bits per heavy atom. The van der Waals surface area contributed by atoms with E-state index < -0.39 is 48.4 Å².